The number of aromatic nitrogens is 3. The van der Waals surface area contributed by atoms with Gasteiger partial charge in [0.25, 0.3) is 0 Å². The van der Waals surface area contributed by atoms with Crippen LogP contribution in [0.2, 0.25) is 0 Å². The van der Waals surface area contributed by atoms with Crippen LogP contribution in [0, 0.1) is 5.92 Å². The molecule has 4 unspecified atom stereocenters. The summed E-state index contributed by atoms with van der Waals surface area (Å²) in [7, 11) is 0. The predicted octanol–water partition coefficient (Wildman–Crippen LogP) is 2.94. The van der Waals surface area contributed by atoms with E-state index in [9.17, 15) is 0 Å². The van der Waals surface area contributed by atoms with Crippen molar-refractivity contribution in [3.8, 4) is 0 Å². The number of aliphatic imine (C=N–C) groups is 1. The molecule has 2 aromatic heterocycles. The molecule has 8 nitrogen and oxygen atoms in total. The Hall–Kier alpha value is -2.61. The van der Waals surface area contributed by atoms with E-state index in [-0.39, 0.29) is 12.2 Å². The molecule has 4 heterocycles. The molecule has 4 atom stereocenters. The molecule has 0 saturated carbocycles. The lowest BCUT2D eigenvalue weighted by Crippen LogP contribution is -2.49. The van der Waals surface area contributed by atoms with Gasteiger partial charge < -0.3 is 24.4 Å². The summed E-state index contributed by atoms with van der Waals surface area (Å²) in [4.78, 5) is 18.6. The topological polar surface area (TPSA) is 70.8 Å². The number of ether oxygens (including phenoxy) is 1. The lowest BCUT2D eigenvalue weighted by atomic mass is 9.93. The molecule has 2 fully saturated rings. The van der Waals surface area contributed by atoms with Gasteiger partial charge in [-0.1, -0.05) is 13.0 Å². The molecule has 2 saturated heterocycles. The second-order valence-electron chi connectivity index (χ2n) is 9.15. The molecule has 0 aromatic carbocycles. The van der Waals surface area contributed by atoms with Crippen LogP contribution in [0.3, 0.4) is 0 Å². The summed E-state index contributed by atoms with van der Waals surface area (Å²) in [5, 5.41) is 3.48. The van der Waals surface area contributed by atoms with E-state index in [1.165, 1.54) is 0 Å². The van der Waals surface area contributed by atoms with Crippen LogP contribution >= 0.6 is 0 Å². The number of nitrogens with one attached hydrogen (secondary N) is 1. The number of hydrogen-bond donors (Lipinski definition) is 1. The number of nitrogens with zero attached hydrogens (tertiary/aromatic N) is 6. The summed E-state index contributed by atoms with van der Waals surface area (Å²) in [6.45, 7) is 13.9. The summed E-state index contributed by atoms with van der Waals surface area (Å²) in [6, 6.07) is 4.67. The van der Waals surface area contributed by atoms with Crippen LogP contribution in [-0.2, 0) is 11.3 Å². The fourth-order valence-corrected chi connectivity index (χ4v) is 4.75. The molecule has 2 aliphatic heterocycles. The zero-order valence-corrected chi connectivity index (χ0v) is 19.8. The van der Waals surface area contributed by atoms with Crippen molar-refractivity contribution in [1.29, 1.82) is 0 Å². The Morgan fingerprint density at radius 3 is 2.66 bits per heavy atom. The van der Waals surface area contributed by atoms with Crippen molar-refractivity contribution in [1.82, 2.24) is 24.8 Å². The molecule has 4 rings (SSSR count). The summed E-state index contributed by atoms with van der Waals surface area (Å²) < 4.78 is 8.07. The molecular weight excluding hydrogens is 402 g/mol. The number of morpholine rings is 1. The Kier molecular flexibility index (Phi) is 7.29. The molecule has 0 bridgehead atoms. The van der Waals surface area contributed by atoms with Crippen molar-refractivity contribution in [3.63, 3.8) is 0 Å². The van der Waals surface area contributed by atoms with E-state index in [0.717, 1.165) is 56.5 Å². The quantitative estimate of drug-likeness (QED) is 0.571. The SMILES string of the molecule is CCNC(=NCc1ccc(N2CC(C)OC(C)C2)nc1)N1CCC(C)C(n2ccnc2)C1. The van der Waals surface area contributed by atoms with Gasteiger partial charge in [0.2, 0.25) is 0 Å². The van der Waals surface area contributed by atoms with Gasteiger partial charge in [-0.25, -0.2) is 15.0 Å². The highest BCUT2D eigenvalue weighted by molar-refractivity contribution is 5.80. The van der Waals surface area contributed by atoms with Gasteiger partial charge in [-0.15, -0.1) is 0 Å². The van der Waals surface area contributed by atoms with Crippen molar-refractivity contribution < 1.29 is 4.74 Å². The fraction of sp³-hybridized carbons (Fsp3) is 0.625. The Balaban J connectivity index is 1.42. The first-order valence-electron chi connectivity index (χ1n) is 11.9. The molecule has 0 aliphatic carbocycles. The first kappa shape index (κ1) is 22.6. The van der Waals surface area contributed by atoms with E-state index in [4.69, 9.17) is 14.7 Å². The number of piperidine rings is 1. The van der Waals surface area contributed by atoms with Crippen molar-refractivity contribution in [2.75, 3.05) is 37.6 Å². The van der Waals surface area contributed by atoms with Crippen LogP contribution in [0.4, 0.5) is 5.82 Å². The minimum atomic E-state index is 0.228. The number of rotatable bonds is 5. The highest BCUT2D eigenvalue weighted by atomic mass is 16.5. The van der Waals surface area contributed by atoms with Crippen LogP contribution in [0.5, 0.6) is 0 Å². The third-order valence-electron chi connectivity index (χ3n) is 6.43. The summed E-state index contributed by atoms with van der Waals surface area (Å²) >= 11 is 0. The standard InChI is InChI=1S/C24H37N7O/c1-5-26-24(29-10-8-18(2)22(16-29)30-11-9-25-17-30)28-13-21-6-7-23(27-12-21)31-14-19(3)32-20(4)15-31/h6-7,9,11-12,17-20,22H,5,8,10,13-16H2,1-4H3,(H,26,28). The molecule has 32 heavy (non-hydrogen) atoms. The molecule has 0 radical (unpaired) electrons. The maximum Gasteiger partial charge on any atom is 0.194 e. The average Bonchev–Trinajstić information content (AvgIpc) is 3.31. The first-order valence-corrected chi connectivity index (χ1v) is 11.9. The molecule has 174 valence electrons. The largest absolute Gasteiger partial charge is 0.372 e. The molecule has 8 heteroatoms. The summed E-state index contributed by atoms with van der Waals surface area (Å²) in [6.07, 6.45) is 9.41. The smallest absolute Gasteiger partial charge is 0.194 e. The third kappa shape index (κ3) is 5.41. The van der Waals surface area contributed by atoms with Crippen molar-refractivity contribution in [3.05, 3.63) is 42.6 Å². The maximum atomic E-state index is 5.84. The zero-order chi connectivity index (χ0) is 22.5. The van der Waals surface area contributed by atoms with Crippen LogP contribution < -0.4 is 10.2 Å². The third-order valence-corrected chi connectivity index (χ3v) is 6.43. The van der Waals surface area contributed by atoms with Crippen LogP contribution in [-0.4, -0.2) is 70.3 Å². The Morgan fingerprint density at radius 1 is 1.19 bits per heavy atom. The summed E-state index contributed by atoms with van der Waals surface area (Å²) in [5.41, 5.74) is 1.12. The Labute approximate surface area is 191 Å². The normalized spacial score (nSPS) is 26.9. The number of guanidine groups is 1. The predicted molar refractivity (Wildman–Crippen MR) is 128 cm³/mol. The van der Waals surface area contributed by atoms with Gasteiger partial charge >= 0.3 is 0 Å². The van der Waals surface area contributed by atoms with E-state index < -0.39 is 0 Å². The van der Waals surface area contributed by atoms with Crippen molar-refractivity contribution in [2.24, 2.45) is 10.9 Å². The number of anilines is 1. The highest BCUT2D eigenvalue weighted by Crippen LogP contribution is 2.27. The molecule has 0 amide bonds. The highest BCUT2D eigenvalue weighted by Gasteiger charge is 2.29. The van der Waals surface area contributed by atoms with E-state index >= 15 is 0 Å². The van der Waals surface area contributed by atoms with E-state index in [0.29, 0.717) is 18.5 Å². The van der Waals surface area contributed by atoms with Crippen LogP contribution in [0.25, 0.3) is 0 Å². The number of hydrogen-bond acceptors (Lipinski definition) is 5. The molecular formula is C24H37N7O. The second-order valence-corrected chi connectivity index (χ2v) is 9.15. The zero-order valence-electron chi connectivity index (χ0n) is 19.8. The molecule has 0 spiro atoms. The lowest BCUT2D eigenvalue weighted by molar-refractivity contribution is -0.00545. The number of imidazole rings is 1. The van der Waals surface area contributed by atoms with Gasteiger partial charge in [0.15, 0.2) is 5.96 Å². The molecule has 1 N–H and O–H groups in total. The van der Waals surface area contributed by atoms with Crippen LogP contribution in [0.15, 0.2) is 42.0 Å². The second kappa shape index (κ2) is 10.3. The van der Waals surface area contributed by atoms with Crippen molar-refractivity contribution >= 4 is 11.8 Å². The van der Waals surface area contributed by atoms with Gasteiger partial charge in [-0.3, -0.25) is 0 Å². The van der Waals surface area contributed by atoms with E-state index in [2.05, 4.69) is 70.7 Å². The van der Waals surface area contributed by atoms with E-state index in [1.54, 1.807) is 0 Å². The monoisotopic (exact) mass is 439 g/mol. The summed E-state index contributed by atoms with van der Waals surface area (Å²) in [5.74, 6) is 2.61. The van der Waals surface area contributed by atoms with E-state index in [1.807, 2.05) is 18.7 Å². The molecule has 2 aliphatic rings. The molecule has 2 aromatic rings. The number of likely N-dealkylation sites (tertiary alicyclic amines) is 1. The fourth-order valence-electron chi connectivity index (χ4n) is 4.75. The average molecular weight is 440 g/mol. The van der Waals surface area contributed by atoms with Gasteiger partial charge in [0.1, 0.15) is 5.82 Å². The number of pyridine rings is 1. The van der Waals surface area contributed by atoms with Gasteiger partial charge in [-0.2, -0.15) is 0 Å². The Bertz CT molecular complexity index is 857. The first-order chi connectivity index (χ1) is 15.5. The van der Waals surface area contributed by atoms with Crippen molar-refractivity contribution in [2.45, 2.75) is 58.9 Å². The maximum absolute atomic E-state index is 5.84. The van der Waals surface area contributed by atoms with Gasteiger partial charge in [0.05, 0.1) is 31.1 Å². The Morgan fingerprint density at radius 2 is 2.00 bits per heavy atom. The minimum Gasteiger partial charge on any atom is -0.372 e. The minimum absolute atomic E-state index is 0.228. The van der Waals surface area contributed by atoms with Crippen LogP contribution in [0.1, 0.15) is 45.7 Å². The van der Waals surface area contributed by atoms with Gasteiger partial charge in [0, 0.05) is 51.3 Å². The lowest BCUT2D eigenvalue weighted by Gasteiger charge is -2.39. The van der Waals surface area contributed by atoms with Gasteiger partial charge in [-0.05, 0) is 44.7 Å².